The topological polar surface area (TPSA) is 27.1 Å². The van der Waals surface area contributed by atoms with Gasteiger partial charge in [0, 0.05) is 7.05 Å². The van der Waals surface area contributed by atoms with Crippen LogP contribution in [-0.4, -0.2) is 9.55 Å². The summed E-state index contributed by atoms with van der Waals surface area (Å²) in [5.74, 6) is 1.59. The van der Waals surface area contributed by atoms with Gasteiger partial charge in [-0.1, -0.05) is 17.7 Å². The Hall–Kier alpha value is -1.00. The van der Waals surface area contributed by atoms with E-state index in [-0.39, 0.29) is 0 Å². The fraction of sp³-hybridized carbons (Fsp3) is 0.250. The van der Waals surface area contributed by atoms with Crippen molar-refractivity contribution in [3.05, 3.63) is 45.4 Å². The molecule has 0 saturated carbocycles. The number of nitrogens with zero attached hydrogens (tertiary/aromatic N) is 2. The van der Waals surface area contributed by atoms with E-state index in [9.17, 15) is 0 Å². The molecule has 0 aliphatic rings. The summed E-state index contributed by atoms with van der Waals surface area (Å²) in [6.45, 7) is 2.43. The van der Waals surface area contributed by atoms with E-state index in [1.807, 2.05) is 32.2 Å². The Kier molecular flexibility index (Phi) is 3.74. The third-order valence-electron chi connectivity index (χ3n) is 2.47. The Morgan fingerprint density at radius 1 is 1.47 bits per heavy atom. The summed E-state index contributed by atoms with van der Waals surface area (Å²) >= 11 is 9.36. The van der Waals surface area contributed by atoms with Gasteiger partial charge in [-0.25, -0.2) is 4.98 Å². The highest BCUT2D eigenvalue weighted by Gasteiger charge is 2.06. The normalized spacial score (nSPS) is 10.6. The van der Waals surface area contributed by atoms with Crippen molar-refractivity contribution in [3.63, 3.8) is 0 Å². The smallest absolute Gasteiger partial charge is 0.147 e. The van der Waals surface area contributed by atoms with E-state index < -0.39 is 0 Å². The van der Waals surface area contributed by atoms with Crippen molar-refractivity contribution < 1.29 is 4.74 Å². The number of halogens is 2. The maximum absolute atomic E-state index is 5.90. The van der Waals surface area contributed by atoms with Gasteiger partial charge in [0.05, 0.1) is 10.7 Å². The van der Waals surface area contributed by atoms with Crippen LogP contribution in [0.4, 0.5) is 0 Å². The van der Waals surface area contributed by atoms with Crippen molar-refractivity contribution in [2.24, 2.45) is 7.05 Å². The molecule has 0 spiro atoms. The van der Waals surface area contributed by atoms with Gasteiger partial charge in [0.15, 0.2) is 0 Å². The monoisotopic (exact) mass is 314 g/mol. The molecule has 0 radical (unpaired) electrons. The SMILES string of the molecule is Cc1ccc(OCc2ncc(Cl)n2C)c(Br)c1. The molecule has 0 unspecified atom stereocenters. The lowest BCUT2D eigenvalue weighted by atomic mass is 10.2. The second kappa shape index (κ2) is 5.10. The first-order valence-corrected chi connectivity index (χ1v) is 6.30. The summed E-state index contributed by atoms with van der Waals surface area (Å²) in [4.78, 5) is 4.17. The highest BCUT2D eigenvalue weighted by molar-refractivity contribution is 9.10. The van der Waals surface area contributed by atoms with E-state index in [0.29, 0.717) is 11.8 Å². The van der Waals surface area contributed by atoms with Crippen LogP contribution in [0.25, 0.3) is 0 Å². The molecule has 0 N–H and O–H groups in total. The lowest BCUT2D eigenvalue weighted by Crippen LogP contribution is -2.03. The van der Waals surface area contributed by atoms with Crippen molar-refractivity contribution in [1.29, 1.82) is 0 Å². The lowest BCUT2D eigenvalue weighted by Gasteiger charge is -2.08. The van der Waals surface area contributed by atoms with Crippen LogP contribution in [0.3, 0.4) is 0 Å². The zero-order valence-electron chi connectivity index (χ0n) is 9.58. The minimum atomic E-state index is 0.394. The summed E-state index contributed by atoms with van der Waals surface area (Å²) in [5, 5.41) is 0.603. The molecule has 17 heavy (non-hydrogen) atoms. The van der Waals surface area contributed by atoms with Crippen LogP contribution in [0.15, 0.2) is 28.9 Å². The van der Waals surface area contributed by atoms with Gasteiger partial charge in [0.2, 0.25) is 0 Å². The van der Waals surface area contributed by atoms with Gasteiger partial charge in [-0.05, 0) is 40.5 Å². The van der Waals surface area contributed by atoms with E-state index in [2.05, 4.69) is 20.9 Å². The molecule has 0 atom stereocenters. The molecule has 0 aliphatic carbocycles. The molecule has 0 bridgehead atoms. The van der Waals surface area contributed by atoms with Crippen LogP contribution < -0.4 is 4.74 Å². The first-order chi connectivity index (χ1) is 8.08. The number of hydrogen-bond acceptors (Lipinski definition) is 2. The van der Waals surface area contributed by atoms with Gasteiger partial charge >= 0.3 is 0 Å². The van der Waals surface area contributed by atoms with Gasteiger partial charge in [-0.15, -0.1) is 0 Å². The first-order valence-electron chi connectivity index (χ1n) is 5.13. The maximum atomic E-state index is 5.90. The van der Waals surface area contributed by atoms with Crippen LogP contribution in [0.2, 0.25) is 5.15 Å². The molecule has 3 nitrogen and oxygen atoms in total. The van der Waals surface area contributed by atoms with Gasteiger partial charge in [0.25, 0.3) is 0 Å². The van der Waals surface area contributed by atoms with Crippen LogP contribution >= 0.6 is 27.5 Å². The van der Waals surface area contributed by atoms with Crippen molar-refractivity contribution in [2.45, 2.75) is 13.5 Å². The number of rotatable bonds is 3. The molecule has 2 aromatic rings. The van der Waals surface area contributed by atoms with Crippen molar-refractivity contribution in [1.82, 2.24) is 9.55 Å². The molecule has 0 fully saturated rings. The maximum Gasteiger partial charge on any atom is 0.147 e. The number of aryl methyl sites for hydroxylation is 1. The third kappa shape index (κ3) is 2.82. The van der Waals surface area contributed by atoms with Gasteiger partial charge in [-0.3, -0.25) is 0 Å². The molecule has 5 heteroatoms. The number of aromatic nitrogens is 2. The zero-order valence-corrected chi connectivity index (χ0v) is 11.9. The molecule has 0 saturated heterocycles. The molecule has 0 aliphatic heterocycles. The summed E-state index contributed by atoms with van der Waals surface area (Å²) in [7, 11) is 1.86. The van der Waals surface area contributed by atoms with E-state index in [0.717, 1.165) is 16.0 Å². The Labute approximate surface area is 114 Å². The second-order valence-corrected chi connectivity index (χ2v) is 5.02. The first kappa shape index (κ1) is 12.5. The van der Waals surface area contributed by atoms with Gasteiger partial charge in [0.1, 0.15) is 23.3 Å². The van der Waals surface area contributed by atoms with Crippen molar-refractivity contribution >= 4 is 27.5 Å². The summed E-state index contributed by atoms with van der Waals surface area (Å²) < 4.78 is 8.42. The van der Waals surface area contributed by atoms with Crippen LogP contribution in [0, 0.1) is 6.92 Å². The number of imidazole rings is 1. The molecular formula is C12H12BrClN2O. The third-order valence-corrected chi connectivity index (χ3v) is 3.44. The summed E-state index contributed by atoms with van der Waals surface area (Å²) in [5.41, 5.74) is 1.18. The zero-order chi connectivity index (χ0) is 12.4. The van der Waals surface area contributed by atoms with Crippen LogP contribution in [0.5, 0.6) is 5.75 Å². The molecule has 1 aromatic heterocycles. The molecule has 1 aromatic carbocycles. The van der Waals surface area contributed by atoms with Gasteiger partial charge < -0.3 is 9.30 Å². The quantitative estimate of drug-likeness (QED) is 0.863. The lowest BCUT2D eigenvalue weighted by molar-refractivity contribution is 0.290. The molecule has 1 heterocycles. The fourth-order valence-corrected chi connectivity index (χ4v) is 2.18. The minimum absolute atomic E-state index is 0.394. The minimum Gasteiger partial charge on any atom is -0.484 e. The average molecular weight is 316 g/mol. The van der Waals surface area contributed by atoms with Gasteiger partial charge in [-0.2, -0.15) is 0 Å². The molecule has 0 amide bonds. The van der Waals surface area contributed by atoms with E-state index in [1.165, 1.54) is 5.56 Å². The Bertz CT molecular complexity index is 539. The standard InChI is InChI=1S/C12H12BrClN2O/c1-8-3-4-10(9(13)5-8)17-7-12-15-6-11(14)16(12)2/h3-6H,7H2,1-2H3. The highest BCUT2D eigenvalue weighted by atomic mass is 79.9. The largest absolute Gasteiger partial charge is 0.484 e. The summed E-state index contributed by atoms with van der Waals surface area (Å²) in [6.07, 6.45) is 1.62. The Balaban J connectivity index is 2.10. The van der Waals surface area contributed by atoms with E-state index in [1.54, 1.807) is 10.8 Å². The van der Waals surface area contributed by atoms with Crippen LogP contribution in [-0.2, 0) is 13.7 Å². The van der Waals surface area contributed by atoms with E-state index >= 15 is 0 Å². The number of hydrogen-bond donors (Lipinski definition) is 0. The predicted molar refractivity (Wildman–Crippen MR) is 71.4 cm³/mol. The number of ether oxygens (including phenoxy) is 1. The van der Waals surface area contributed by atoms with Crippen molar-refractivity contribution in [2.75, 3.05) is 0 Å². The molecular weight excluding hydrogens is 304 g/mol. The van der Waals surface area contributed by atoms with Crippen LogP contribution in [0.1, 0.15) is 11.4 Å². The number of benzene rings is 1. The Morgan fingerprint density at radius 2 is 2.24 bits per heavy atom. The predicted octanol–water partition coefficient (Wildman–Crippen LogP) is 3.72. The summed E-state index contributed by atoms with van der Waals surface area (Å²) in [6, 6.07) is 5.95. The van der Waals surface area contributed by atoms with E-state index in [4.69, 9.17) is 16.3 Å². The second-order valence-electron chi connectivity index (χ2n) is 3.78. The highest BCUT2D eigenvalue weighted by Crippen LogP contribution is 2.26. The van der Waals surface area contributed by atoms with Crippen molar-refractivity contribution in [3.8, 4) is 5.75 Å². The molecule has 2 rings (SSSR count). The average Bonchev–Trinajstić information content (AvgIpc) is 2.59. The Morgan fingerprint density at radius 3 is 2.82 bits per heavy atom. The fourth-order valence-electron chi connectivity index (χ4n) is 1.42. The molecule has 90 valence electrons.